The summed E-state index contributed by atoms with van der Waals surface area (Å²) in [6.45, 7) is 8.45. The molecule has 84 valence electrons. The van der Waals surface area contributed by atoms with Crippen LogP contribution in [0.1, 0.15) is 45.6 Å². The summed E-state index contributed by atoms with van der Waals surface area (Å²) in [5.41, 5.74) is 6.86. The third-order valence-electron chi connectivity index (χ3n) is 2.49. The largest absolute Gasteiger partial charge is 0.383 e. The molecule has 3 N–H and O–H groups in total. The van der Waals surface area contributed by atoms with Gasteiger partial charge in [-0.1, -0.05) is 20.8 Å². The predicted molar refractivity (Wildman–Crippen MR) is 63.9 cm³/mol. The minimum Gasteiger partial charge on any atom is -0.383 e. The first-order chi connectivity index (χ1) is 7.06. The van der Waals surface area contributed by atoms with Crippen LogP contribution in [0.5, 0.6) is 0 Å². The van der Waals surface area contributed by atoms with Crippen molar-refractivity contribution in [3.63, 3.8) is 0 Å². The van der Waals surface area contributed by atoms with Gasteiger partial charge in [-0.2, -0.15) is 0 Å². The Labute approximate surface area is 91.3 Å². The van der Waals surface area contributed by atoms with Crippen LogP contribution in [0.25, 0.3) is 0 Å². The number of nitrogens with two attached hydrogens (primary N) is 1. The fraction of sp³-hybridized carbons (Fsp3) is 0.636. The lowest BCUT2D eigenvalue weighted by atomic mass is 10.0. The molecule has 0 bridgehead atoms. The maximum Gasteiger partial charge on any atom is 0.135 e. The molecule has 1 heterocycles. The summed E-state index contributed by atoms with van der Waals surface area (Å²) < 4.78 is 0. The Bertz CT molecular complexity index is 322. The van der Waals surface area contributed by atoms with Crippen LogP contribution in [0.15, 0.2) is 6.33 Å². The van der Waals surface area contributed by atoms with Crippen LogP contribution in [0.2, 0.25) is 0 Å². The van der Waals surface area contributed by atoms with Gasteiger partial charge in [-0.3, -0.25) is 0 Å². The fourth-order valence-electron chi connectivity index (χ4n) is 1.43. The van der Waals surface area contributed by atoms with Crippen LogP contribution in [0.4, 0.5) is 11.6 Å². The summed E-state index contributed by atoms with van der Waals surface area (Å²) in [5.74, 6) is 1.77. The smallest absolute Gasteiger partial charge is 0.135 e. The number of hydrogen-bond acceptors (Lipinski definition) is 4. The van der Waals surface area contributed by atoms with Gasteiger partial charge in [0, 0.05) is 11.6 Å². The molecular formula is C11H20N4. The van der Waals surface area contributed by atoms with Gasteiger partial charge in [-0.25, -0.2) is 9.97 Å². The van der Waals surface area contributed by atoms with Gasteiger partial charge < -0.3 is 11.1 Å². The summed E-state index contributed by atoms with van der Waals surface area (Å²) in [6, 6.07) is 0.400. The first kappa shape index (κ1) is 11.8. The molecule has 15 heavy (non-hydrogen) atoms. The molecule has 0 saturated carbocycles. The molecule has 0 spiro atoms. The molecule has 0 fully saturated rings. The first-order valence-corrected chi connectivity index (χ1v) is 5.43. The first-order valence-electron chi connectivity index (χ1n) is 5.43. The topological polar surface area (TPSA) is 63.8 Å². The van der Waals surface area contributed by atoms with E-state index in [1.54, 1.807) is 0 Å². The molecule has 0 saturated heterocycles. The van der Waals surface area contributed by atoms with Crippen LogP contribution >= 0.6 is 0 Å². The number of aromatic nitrogens is 2. The van der Waals surface area contributed by atoms with E-state index in [1.165, 1.54) is 6.33 Å². The molecule has 1 rings (SSSR count). The van der Waals surface area contributed by atoms with Gasteiger partial charge >= 0.3 is 0 Å². The zero-order valence-electron chi connectivity index (χ0n) is 9.91. The van der Waals surface area contributed by atoms with Crippen molar-refractivity contribution >= 4 is 11.6 Å². The second-order valence-corrected chi connectivity index (χ2v) is 4.13. The number of anilines is 2. The van der Waals surface area contributed by atoms with Gasteiger partial charge in [0.15, 0.2) is 0 Å². The Morgan fingerprint density at radius 3 is 2.53 bits per heavy atom. The molecular weight excluding hydrogens is 188 g/mol. The van der Waals surface area contributed by atoms with Gasteiger partial charge in [0.2, 0.25) is 0 Å². The molecule has 0 aliphatic heterocycles. The second kappa shape index (κ2) is 4.96. The van der Waals surface area contributed by atoms with Crippen LogP contribution in [0, 0.1) is 0 Å². The summed E-state index contributed by atoms with van der Waals surface area (Å²) in [5, 5.41) is 3.35. The van der Waals surface area contributed by atoms with Crippen molar-refractivity contribution in [2.24, 2.45) is 0 Å². The summed E-state index contributed by atoms with van der Waals surface area (Å²) in [4.78, 5) is 8.27. The van der Waals surface area contributed by atoms with Crippen molar-refractivity contribution in [3.05, 3.63) is 11.9 Å². The second-order valence-electron chi connectivity index (χ2n) is 4.13. The van der Waals surface area contributed by atoms with Crippen molar-refractivity contribution < 1.29 is 0 Å². The Hall–Kier alpha value is -1.32. The van der Waals surface area contributed by atoms with E-state index in [-0.39, 0.29) is 0 Å². The highest BCUT2D eigenvalue weighted by atomic mass is 15.1. The SMILES string of the molecule is CCC(C)Nc1ncnc(N)c1C(C)C. The van der Waals surface area contributed by atoms with Crippen molar-refractivity contribution in [2.75, 3.05) is 11.1 Å². The van der Waals surface area contributed by atoms with Crippen LogP contribution < -0.4 is 11.1 Å². The molecule has 1 unspecified atom stereocenters. The third kappa shape index (κ3) is 2.81. The lowest BCUT2D eigenvalue weighted by Gasteiger charge is -2.18. The van der Waals surface area contributed by atoms with E-state index in [4.69, 9.17) is 5.73 Å². The lowest BCUT2D eigenvalue weighted by Crippen LogP contribution is -2.17. The van der Waals surface area contributed by atoms with Crippen molar-refractivity contribution in [1.29, 1.82) is 0 Å². The number of rotatable bonds is 4. The number of nitrogens with one attached hydrogen (secondary N) is 1. The Kier molecular flexibility index (Phi) is 3.88. The highest BCUT2D eigenvalue weighted by Gasteiger charge is 2.13. The zero-order chi connectivity index (χ0) is 11.4. The van der Waals surface area contributed by atoms with E-state index in [0.717, 1.165) is 17.8 Å². The maximum atomic E-state index is 5.85. The summed E-state index contributed by atoms with van der Waals surface area (Å²) in [7, 11) is 0. The minimum absolute atomic E-state index is 0.331. The molecule has 1 aromatic rings. The van der Waals surface area contributed by atoms with E-state index < -0.39 is 0 Å². The highest BCUT2D eigenvalue weighted by molar-refractivity contribution is 5.56. The quantitative estimate of drug-likeness (QED) is 0.797. The molecule has 0 amide bonds. The monoisotopic (exact) mass is 208 g/mol. The average Bonchev–Trinajstić information content (AvgIpc) is 2.17. The van der Waals surface area contributed by atoms with E-state index in [9.17, 15) is 0 Å². The zero-order valence-corrected chi connectivity index (χ0v) is 9.91. The molecule has 0 radical (unpaired) electrons. The number of nitrogen functional groups attached to an aromatic ring is 1. The summed E-state index contributed by atoms with van der Waals surface area (Å²) in [6.07, 6.45) is 2.56. The lowest BCUT2D eigenvalue weighted by molar-refractivity contribution is 0.749. The van der Waals surface area contributed by atoms with E-state index >= 15 is 0 Å². The van der Waals surface area contributed by atoms with E-state index in [0.29, 0.717) is 17.8 Å². The van der Waals surface area contributed by atoms with E-state index in [1.807, 2.05) is 0 Å². The molecule has 0 aliphatic rings. The highest BCUT2D eigenvalue weighted by Crippen LogP contribution is 2.26. The minimum atomic E-state index is 0.331. The molecule has 4 nitrogen and oxygen atoms in total. The molecule has 0 aliphatic carbocycles. The van der Waals surface area contributed by atoms with Crippen molar-refractivity contribution in [1.82, 2.24) is 9.97 Å². The van der Waals surface area contributed by atoms with Crippen LogP contribution in [-0.2, 0) is 0 Å². The number of nitrogens with zero attached hydrogens (tertiary/aromatic N) is 2. The Morgan fingerprint density at radius 2 is 2.00 bits per heavy atom. The average molecular weight is 208 g/mol. The molecule has 4 heteroatoms. The van der Waals surface area contributed by atoms with Gasteiger partial charge in [0.05, 0.1) is 0 Å². The third-order valence-corrected chi connectivity index (χ3v) is 2.49. The van der Waals surface area contributed by atoms with Crippen LogP contribution in [0.3, 0.4) is 0 Å². The van der Waals surface area contributed by atoms with Crippen LogP contribution in [-0.4, -0.2) is 16.0 Å². The van der Waals surface area contributed by atoms with Gasteiger partial charge in [-0.05, 0) is 19.3 Å². The van der Waals surface area contributed by atoms with Gasteiger partial charge in [0.25, 0.3) is 0 Å². The standard InChI is InChI=1S/C11H20N4/c1-5-8(4)15-11-9(7(2)3)10(12)13-6-14-11/h6-8H,5H2,1-4H3,(H3,12,13,14,15). The van der Waals surface area contributed by atoms with Crippen molar-refractivity contribution in [2.45, 2.75) is 46.1 Å². The maximum absolute atomic E-state index is 5.85. The molecule has 0 aromatic carbocycles. The van der Waals surface area contributed by atoms with E-state index in [2.05, 4.69) is 43.0 Å². The van der Waals surface area contributed by atoms with Gasteiger partial charge in [0.1, 0.15) is 18.0 Å². The fourth-order valence-corrected chi connectivity index (χ4v) is 1.43. The molecule has 1 atom stereocenters. The number of hydrogen-bond donors (Lipinski definition) is 2. The Balaban J connectivity index is 3.00. The Morgan fingerprint density at radius 1 is 1.33 bits per heavy atom. The molecule has 1 aromatic heterocycles. The summed E-state index contributed by atoms with van der Waals surface area (Å²) >= 11 is 0. The van der Waals surface area contributed by atoms with Crippen molar-refractivity contribution in [3.8, 4) is 0 Å². The van der Waals surface area contributed by atoms with Gasteiger partial charge in [-0.15, -0.1) is 0 Å². The normalized spacial score (nSPS) is 12.9. The predicted octanol–water partition coefficient (Wildman–Crippen LogP) is 2.39.